The van der Waals surface area contributed by atoms with Crippen LogP contribution >= 0.6 is 0 Å². The van der Waals surface area contributed by atoms with Crippen LogP contribution < -0.4 is 9.80 Å². The fraction of sp³-hybridized carbons (Fsp3) is 0.400. The normalized spacial score (nSPS) is 17.5. The lowest BCUT2D eigenvalue weighted by Crippen LogP contribution is -3.15. The van der Waals surface area contributed by atoms with Crippen LogP contribution in [0.4, 0.5) is 18.9 Å². The first kappa shape index (κ1) is 17.8. The van der Waals surface area contributed by atoms with Gasteiger partial charge in [0.05, 0.1) is 38.3 Å². The molecule has 3 rings (SSSR count). The van der Waals surface area contributed by atoms with Crippen LogP contribution in [0.1, 0.15) is 24.0 Å². The molecule has 5 heteroatoms. The Morgan fingerprint density at radius 3 is 2.32 bits per heavy atom. The second-order valence-electron chi connectivity index (χ2n) is 6.80. The predicted octanol–water partition coefficient (Wildman–Crippen LogP) is 3.21. The number of benzene rings is 2. The minimum atomic E-state index is -4.28. The van der Waals surface area contributed by atoms with Crippen molar-refractivity contribution in [2.24, 2.45) is 0 Å². The topological polar surface area (TPSA) is 7.68 Å². The van der Waals surface area contributed by atoms with E-state index in [1.54, 1.807) is 6.07 Å². The zero-order chi connectivity index (χ0) is 17.9. The van der Waals surface area contributed by atoms with Crippen molar-refractivity contribution in [1.82, 2.24) is 0 Å². The van der Waals surface area contributed by atoms with Crippen molar-refractivity contribution in [3.8, 4) is 0 Å². The van der Waals surface area contributed by atoms with E-state index < -0.39 is 11.7 Å². The van der Waals surface area contributed by atoms with Gasteiger partial charge < -0.3 is 9.80 Å². The molecule has 2 aromatic carbocycles. The number of hydrogen-bond acceptors (Lipinski definition) is 1. The predicted molar refractivity (Wildman–Crippen MR) is 94.1 cm³/mol. The summed E-state index contributed by atoms with van der Waals surface area (Å²) in [6, 6.07) is 16.1. The van der Waals surface area contributed by atoms with Crippen LogP contribution in [0.15, 0.2) is 54.6 Å². The van der Waals surface area contributed by atoms with Gasteiger partial charge in [0.2, 0.25) is 0 Å². The fourth-order valence-corrected chi connectivity index (χ4v) is 3.50. The standard InChI is InChI=1S/C20H23F3N2/c1-16(17-6-3-2-4-7-17)15-24-10-12-25(13-11-24)19-9-5-8-18(14-19)20(21,22)23/h2-9,14,16H,10-13,15H2,1H3/p+1/t16-/m0/s1. The highest BCUT2D eigenvalue weighted by Gasteiger charge is 2.31. The summed E-state index contributed by atoms with van der Waals surface area (Å²) >= 11 is 0. The van der Waals surface area contributed by atoms with Crippen molar-refractivity contribution >= 4 is 5.69 Å². The summed E-state index contributed by atoms with van der Waals surface area (Å²) in [6.07, 6.45) is -4.28. The monoisotopic (exact) mass is 349 g/mol. The van der Waals surface area contributed by atoms with Gasteiger partial charge in [-0.2, -0.15) is 13.2 Å². The van der Waals surface area contributed by atoms with Crippen LogP contribution in [0.25, 0.3) is 0 Å². The maximum absolute atomic E-state index is 12.9. The molecule has 0 bridgehead atoms. The van der Waals surface area contributed by atoms with Gasteiger partial charge in [-0.15, -0.1) is 0 Å². The smallest absolute Gasteiger partial charge is 0.360 e. The van der Waals surface area contributed by atoms with Gasteiger partial charge in [-0.3, -0.25) is 0 Å². The molecule has 1 aliphatic rings. The molecule has 25 heavy (non-hydrogen) atoms. The van der Waals surface area contributed by atoms with E-state index in [2.05, 4.69) is 36.1 Å². The van der Waals surface area contributed by atoms with E-state index in [4.69, 9.17) is 0 Å². The number of anilines is 1. The van der Waals surface area contributed by atoms with Crippen molar-refractivity contribution in [2.45, 2.75) is 19.0 Å². The molecule has 1 aliphatic heterocycles. The number of rotatable bonds is 4. The molecule has 0 spiro atoms. The van der Waals surface area contributed by atoms with Gasteiger partial charge in [0, 0.05) is 11.6 Å². The van der Waals surface area contributed by atoms with Crippen LogP contribution in [0.3, 0.4) is 0 Å². The SMILES string of the molecule is C[C@@H](C[NH+]1CCN(c2cccc(C(F)(F)F)c2)CC1)c1ccccc1. The Balaban J connectivity index is 1.57. The van der Waals surface area contributed by atoms with E-state index in [0.717, 1.165) is 38.8 Å². The van der Waals surface area contributed by atoms with E-state index in [0.29, 0.717) is 11.6 Å². The zero-order valence-corrected chi connectivity index (χ0v) is 14.4. The minimum Gasteiger partial charge on any atom is -0.360 e. The number of alkyl halides is 3. The lowest BCUT2D eigenvalue weighted by atomic mass is 10.0. The second-order valence-corrected chi connectivity index (χ2v) is 6.80. The van der Waals surface area contributed by atoms with Gasteiger partial charge in [-0.25, -0.2) is 0 Å². The number of halogens is 3. The first-order chi connectivity index (χ1) is 11.9. The number of hydrogen-bond donors (Lipinski definition) is 1. The number of nitrogens with one attached hydrogen (secondary N) is 1. The van der Waals surface area contributed by atoms with Gasteiger partial charge in [0.1, 0.15) is 0 Å². The molecule has 2 nitrogen and oxygen atoms in total. The third-order valence-electron chi connectivity index (χ3n) is 4.97. The number of piperazine rings is 1. The number of quaternary nitrogens is 1. The lowest BCUT2D eigenvalue weighted by Gasteiger charge is -2.35. The molecule has 0 saturated carbocycles. The Labute approximate surface area is 146 Å². The van der Waals surface area contributed by atoms with Crippen LogP contribution in [-0.2, 0) is 6.18 Å². The Hall–Kier alpha value is -2.01. The van der Waals surface area contributed by atoms with E-state index in [1.807, 2.05) is 6.07 Å². The summed E-state index contributed by atoms with van der Waals surface area (Å²) in [4.78, 5) is 3.57. The van der Waals surface area contributed by atoms with Gasteiger partial charge in [0.25, 0.3) is 0 Å². The molecule has 0 aromatic heterocycles. The van der Waals surface area contributed by atoms with Gasteiger partial charge in [-0.1, -0.05) is 43.3 Å². The average Bonchev–Trinajstić information content (AvgIpc) is 2.62. The highest BCUT2D eigenvalue weighted by atomic mass is 19.4. The van der Waals surface area contributed by atoms with Crippen molar-refractivity contribution in [3.63, 3.8) is 0 Å². The minimum absolute atomic E-state index is 0.483. The van der Waals surface area contributed by atoms with Crippen LogP contribution in [0.5, 0.6) is 0 Å². The van der Waals surface area contributed by atoms with Crippen LogP contribution in [-0.4, -0.2) is 32.7 Å². The largest absolute Gasteiger partial charge is 0.416 e. The van der Waals surface area contributed by atoms with E-state index in [9.17, 15) is 13.2 Å². The highest BCUT2D eigenvalue weighted by Crippen LogP contribution is 2.31. The Bertz CT molecular complexity index is 677. The molecular formula is C20H24F3N2+. The third-order valence-corrected chi connectivity index (χ3v) is 4.97. The molecule has 0 radical (unpaired) electrons. The Morgan fingerprint density at radius 1 is 1.00 bits per heavy atom. The van der Waals surface area contributed by atoms with Crippen molar-refractivity contribution < 1.29 is 18.1 Å². The molecule has 1 heterocycles. The van der Waals surface area contributed by atoms with Crippen molar-refractivity contribution in [2.75, 3.05) is 37.6 Å². The molecule has 0 amide bonds. The zero-order valence-electron chi connectivity index (χ0n) is 14.4. The quantitative estimate of drug-likeness (QED) is 0.891. The van der Waals surface area contributed by atoms with E-state index in [1.165, 1.54) is 22.6 Å². The molecule has 134 valence electrons. The molecule has 1 fully saturated rings. The number of nitrogens with zero attached hydrogens (tertiary/aromatic N) is 1. The summed E-state index contributed by atoms with van der Waals surface area (Å²) in [7, 11) is 0. The lowest BCUT2D eigenvalue weighted by molar-refractivity contribution is -0.901. The van der Waals surface area contributed by atoms with Crippen LogP contribution in [0, 0.1) is 0 Å². The molecule has 0 aliphatic carbocycles. The second kappa shape index (κ2) is 7.48. The fourth-order valence-electron chi connectivity index (χ4n) is 3.50. The summed E-state index contributed by atoms with van der Waals surface area (Å²) in [5, 5.41) is 0. The maximum Gasteiger partial charge on any atom is 0.416 e. The Morgan fingerprint density at radius 2 is 1.68 bits per heavy atom. The van der Waals surface area contributed by atoms with Gasteiger partial charge in [0.15, 0.2) is 0 Å². The third kappa shape index (κ3) is 4.54. The first-order valence-electron chi connectivity index (χ1n) is 8.74. The molecule has 2 aromatic rings. The molecule has 1 saturated heterocycles. The van der Waals surface area contributed by atoms with Crippen molar-refractivity contribution in [3.05, 3.63) is 65.7 Å². The summed E-state index contributed by atoms with van der Waals surface area (Å²) in [5.41, 5.74) is 1.44. The highest BCUT2D eigenvalue weighted by molar-refractivity contribution is 5.49. The summed E-state index contributed by atoms with van der Waals surface area (Å²) < 4.78 is 38.6. The summed E-state index contributed by atoms with van der Waals surface area (Å²) in [5.74, 6) is 0.483. The molecule has 0 unspecified atom stereocenters. The van der Waals surface area contributed by atoms with E-state index >= 15 is 0 Å². The first-order valence-corrected chi connectivity index (χ1v) is 8.74. The Kier molecular flexibility index (Phi) is 5.33. The van der Waals surface area contributed by atoms with Gasteiger partial charge in [-0.05, 0) is 23.8 Å². The average molecular weight is 349 g/mol. The molecule has 1 atom stereocenters. The van der Waals surface area contributed by atoms with Crippen molar-refractivity contribution in [1.29, 1.82) is 0 Å². The summed E-state index contributed by atoms with van der Waals surface area (Å²) in [6.45, 7) is 6.78. The van der Waals surface area contributed by atoms with Crippen LogP contribution in [0.2, 0.25) is 0 Å². The molecule has 1 N–H and O–H groups in total. The van der Waals surface area contributed by atoms with Gasteiger partial charge >= 0.3 is 6.18 Å². The van der Waals surface area contributed by atoms with E-state index in [-0.39, 0.29) is 0 Å². The molecular weight excluding hydrogens is 325 g/mol. The maximum atomic E-state index is 12.9.